The van der Waals surface area contributed by atoms with Crippen molar-refractivity contribution in [2.45, 2.75) is 6.92 Å². The molecule has 2 heterocycles. The third-order valence-electron chi connectivity index (χ3n) is 1.94. The molecule has 0 fully saturated rings. The highest BCUT2D eigenvalue weighted by Gasteiger charge is 2.03. The minimum atomic E-state index is 0.533. The highest BCUT2D eigenvalue weighted by Crippen LogP contribution is 2.13. The number of rotatable bonds is 0. The van der Waals surface area contributed by atoms with Gasteiger partial charge in [0.25, 0.3) is 0 Å². The Morgan fingerprint density at radius 2 is 2.25 bits per heavy atom. The van der Waals surface area contributed by atoms with Gasteiger partial charge in [-0.15, -0.1) is 0 Å². The molecular formula is C8H8BN3. The molecule has 12 heavy (non-hydrogen) atoms. The molecule has 58 valence electrons. The number of pyridine rings is 1. The van der Waals surface area contributed by atoms with E-state index in [-0.39, 0.29) is 0 Å². The molecular weight excluding hydrogens is 149 g/mol. The maximum absolute atomic E-state index is 5.55. The SMILES string of the molecule is [B]c1cc2c(cn1)c(C)nn2C. The van der Waals surface area contributed by atoms with E-state index in [0.717, 1.165) is 16.6 Å². The second-order valence-corrected chi connectivity index (χ2v) is 2.84. The maximum atomic E-state index is 5.55. The fourth-order valence-corrected chi connectivity index (χ4v) is 1.34. The fourth-order valence-electron chi connectivity index (χ4n) is 1.34. The van der Waals surface area contributed by atoms with Gasteiger partial charge in [0, 0.05) is 18.6 Å². The smallest absolute Gasteiger partial charge is 0.141 e. The molecule has 4 heteroatoms. The zero-order valence-electron chi connectivity index (χ0n) is 7.07. The van der Waals surface area contributed by atoms with Crippen LogP contribution in [-0.2, 0) is 7.05 Å². The Morgan fingerprint density at radius 3 is 3.00 bits per heavy atom. The molecule has 0 unspecified atom stereocenters. The quantitative estimate of drug-likeness (QED) is 0.506. The van der Waals surface area contributed by atoms with Crippen LogP contribution >= 0.6 is 0 Å². The summed E-state index contributed by atoms with van der Waals surface area (Å²) in [4.78, 5) is 4.01. The van der Waals surface area contributed by atoms with Crippen LogP contribution in [0.25, 0.3) is 10.9 Å². The van der Waals surface area contributed by atoms with Crippen molar-refractivity contribution in [1.29, 1.82) is 0 Å². The molecule has 0 N–H and O–H groups in total. The molecule has 0 aliphatic heterocycles. The Kier molecular flexibility index (Phi) is 1.43. The molecule has 3 nitrogen and oxygen atoms in total. The maximum Gasteiger partial charge on any atom is 0.141 e. The first-order valence-corrected chi connectivity index (χ1v) is 3.73. The topological polar surface area (TPSA) is 30.7 Å². The first kappa shape index (κ1) is 7.34. The van der Waals surface area contributed by atoms with E-state index >= 15 is 0 Å². The lowest BCUT2D eigenvalue weighted by Gasteiger charge is -1.94. The second-order valence-electron chi connectivity index (χ2n) is 2.84. The van der Waals surface area contributed by atoms with Crippen LogP contribution in [0.4, 0.5) is 0 Å². The Bertz CT molecular complexity index is 433. The van der Waals surface area contributed by atoms with Crippen molar-refractivity contribution < 1.29 is 0 Å². The van der Waals surface area contributed by atoms with Gasteiger partial charge < -0.3 is 0 Å². The Hall–Kier alpha value is -1.32. The average Bonchev–Trinajstić information content (AvgIpc) is 2.28. The van der Waals surface area contributed by atoms with Crippen LogP contribution in [0.2, 0.25) is 0 Å². The lowest BCUT2D eigenvalue weighted by atomic mass is 10.0. The van der Waals surface area contributed by atoms with E-state index in [9.17, 15) is 0 Å². The van der Waals surface area contributed by atoms with Crippen LogP contribution in [0.15, 0.2) is 12.3 Å². The summed E-state index contributed by atoms with van der Waals surface area (Å²) in [5.41, 5.74) is 2.55. The molecule has 2 rings (SSSR count). The molecule has 0 aliphatic carbocycles. The third-order valence-corrected chi connectivity index (χ3v) is 1.94. The van der Waals surface area contributed by atoms with Gasteiger partial charge in [0.1, 0.15) is 7.85 Å². The van der Waals surface area contributed by atoms with Crippen LogP contribution < -0.4 is 5.59 Å². The Morgan fingerprint density at radius 1 is 1.50 bits per heavy atom. The van der Waals surface area contributed by atoms with E-state index in [4.69, 9.17) is 7.85 Å². The Labute approximate surface area is 71.8 Å². The van der Waals surface area contributed by atoms with Crippen molar-refractivity contribution in [3.05, 3.63) is 18.0 Å². The molecule has 0 spiro atoms. The molecule has 0 aliphatic rings. The van der Waals surface area contributed by atoms with E-state index in [1.807, 2.05) is 24.7 Å². The molecule has 0 aromatic carbocycles. The number of nitrogens with zero attached hydrogens (tertiary/aromatic N) is 3. The van der Waals surface area contributed by atoms with Crippen molar-refractivity contribution in [3.63, 3.8) is 0 Å². The van der Waals surface area contributed by atoms with Gasteiger partial charge in [-0.2, -0.15) is 5.10 Å². The van der Waals surface area contributed by atoms with Crippen molar-refractivity contribution in [2.24, 2.45) is 7.05 Å². The van der Waals surface area contributed by atoms with Crippen molar-refractivity contribution in [3.8, 4) is 0 Å². The summed E-state index contributed by atoms with van der Waals surface area (Å²) in [7, 11) is 7.45. The fraction of sp³-hybridized carbons (Fsp3) is 0.250. The van der Waals surface area contributed by atoms with Gasteiger partial charge >= 0.3 is 0 Å². The normalized spacial score (nSPS) is 10.8. The molecule has 0 amide bonds. The van der Waals surface area contributed by atoms with Gasteiger partial charge in [-0.25, -0.2) is 0 Å². The first-order valence-electron chi connectivity index (χ1n) is 3.73. The molecule has 0 saturated heterocycles. The highest BCUT2D eigenvalue weighted by atomic mass is 15.3. The molecule has 0 bridgehead atoms. The number of aryl methyl sites for hydroxylation is 2. The summed E-state index contributed by atoms with van der Waals surface area (Å²) in [5, 5.41) is 5.31. The summed E-state index contributed by atoms with van der Waals surface area (Å²) < 4.78 is 1.81. The summed E-state index contributed by atoms with van der Waals surface area (Å²) in [6, 6.07) is 1.83. The van der Waals surface area contributed by atoms with Crippen molar-refractivity contribution in [1.82, 2.24) is 14.8 Å². The van der Waals surface area contributed by atoms with E-state index in [2.05, 4.69) is 10.1 Å². The van der Waals surface area contributed by atoms with Gasteiger partial charge in [0.05, 0.1) is 11.2 Å². The average molecular weight is 157 g/mol. The van der Waals surface area contributed by atoms with Crippen LogP contribution in [0, 0.1) is 6.92 Å². The monoisotopic (exact) mass is 157 g/mol. The van der Waals surface area contributed by atoms with Crippen molar-refractivity contribution >= 4 is 24.3 Å². The lowest BCUT2D eigenvalue weighted by Crippen LogP contribution is -2.06. The van der Waals surface area contributed by atoms with E-state index in [0.29, 0.717) is 5.59 Å². The largest absolute Gasteiger partial charge is 0.272 e. The Balaban J connectivity index is 2.90. The van der Waals surface area contributed by atoms with Crippen LogP contribution in [0.3, 0.4) is 0 Å². The van der Waals surface area contributed by atoms with Crippen LogP contribution in [0.1, 0.15) is 5.69 Å². The molecule has 2 aromatic rings. The van der Waals surface area contributed by atoms with Gasteiger partial charge in [0.15, 0.2) is 0 Å². The predicted molar refractivity (Wildman–Crippen MR) is 48.6 cm³/mol. The molecule has 0 saturated carbocycles. The standard InChI is InChI=1S/C8H8BN3/c1-5-6-4-10-8(9)3-7(6)12(2)11-5/h3-4H,1-2H3. The summed E-state index contributed by atoms with van der Waals surface area (Å²) in [6.45, 7) is 1.96. The van der Waals surface area contributed by atoms with E-state index in [1.54, 1.807) is 6.20 Å². The minimum Gasteiger partial charge on any atom is -0.272 e. The van der Waals surface area contributed by atoms with Crippen molar-refractivity contribution in [2.75, 3.05) is 0 Å². The van der Waals surface area contributed by atoms with E-state index < -0.39 is 0 Å². The van der Waals surface area contributed by atoms with Gasteiger partial charge in [0.2, 0.25) is 0 Å². The van der Waals surface area contributed by atoms with Gasteiger partial charge in [-0.05, 0) is 18.6 Å². The third kappa shape index (κ3) is 0.914. The zero-order chi connectivity index (χ0) is 8.72. The van der Waals surface area contributed by atoms with Crippen LogP contribution in [-0.4, -0.2) is 22.6 Å². The molecule has 0 atom stereocenters. The number of hydrogen-bond acceptors (Lipinski definition) is 2. The minimum absolute atomic E-state index is 0.533. The predicted octanol–water partition coefficient (Wildman–Crippen LogP) is 0.0705. The second kappa shape index (κ2) is 2.34. The summed E-state index contributed by atoms with van der Waals surface area (Å²) >= 11 is 0. The summed E-state index contributed by atoms with van der Waals surface area (Å²) in [5.74, 6) is 0. The highest BCUT2D eigenvalue weighted by molar-refractivity contribution is 6.31. The zero-order valence-corrected chi connectivity index (χ0v) is 7.07. The number of aromatic nitrogens is 3. The van der Waals surface area contributed by atoms with E-state index in [1.165, 1.54) is 0 Å². The number of fused-ring (bicyclic) bond motifs is 1. The first-order chi connectivity index (χ1) is 5.68. The van der Waals surface area contributed by atoms with Gasteiger partial charge in [-0.3, -0.25) is 9.67 Å². The van der Waals surface area contributed by atoms with Crippen LogP contribution in [0.5, 0.6) is 0 Å². The number of hydrogen-bond donors (Lipinski definition) is 0. The lowest BCUT2D eigenvalue weighted by molar-refractivity contribution is 0.783. The molecule has 2 aromatic heterocycles. The molecule has 2 radical (unpaired) electrons. The summed E-state index contributed by atoms with van der Waals surface area (Å²) in [6.07, 6.45) is 1.76. The van der Waals surface area contributed by atoms with Gasteiger partial charge in [-0.1, -0.05) is 0 Å².